The summed E-state index contributed by atoms with van der Waals surface area (Å²) in [6.45, 7) is 0.491. The lowest BCUT2D eigenvalue weighted by Gasteiger charge is -2.55. The Balaban J connectivity index is 0.000000152. The standard InChI is InChI=1S/C25H26Cl2O2.C18H20Cl2O2/c1-28-24(23-19-9-17-10-20(23)14-25(27,12-17)13-19)18-7-8-21(26)22(11-18)29-15-16-5-3-2-4-6-16;1-22-17(11-2-3-14(19)15(21)6-11)16-12-4-10-5-13(16)9-18(20,7-10)8-12/h2-8,11,17,19-20H,9-10,12-15H2,1H3;2-3,6,10,12-13,21H,4-5,7-9H2,1H3. The molecule has 4 unspecified atom stereocenters. The number of benzene rings is 3. The number of rotatable bonds is 7. The first kappa shape index (κ1) is 35.5. The lowest BCUT2D eigenvalue weighted by molar-refractivity contribution is 0.0842. The van der Waals surface area contributed by atoms with Gasteiger partial charge in [-0.25, -0.2) is 0 Å². The molecule has 0 radical (unpaired) electrons. The number of aromatic hydroxyl groups is 1. The summed E-state index contributed by atoms with van der Waals surface area (Å²) in [4.78, 5) is 0.0315. The Hall–Kier alpha value is -2.50. The van der Waals surface area contributed by atoms with Crippen LogP contribution in [0, 0.1) is 35.5 Å². The van der Waals surface area contributed by atoms with E-state index >= 15 is 0 Å². The highest BCUT2D eigenvalue weighted by Gasteiger charge is 2.54. The molecule has 0 amide bonds. The van der Waals surface area contributed by atoms with E-state index in [1.807, 2.05) is 42.5 Å². The average molecular weight is 769 g/mol. The number of phenols is 1. The van der Waals surface area contributed by atoms with E-state index in [0.717, 1.165) is 65.7 Å². The molecular formula is C43H46Cl4O4. The van der Waals surface area contributed by atoms with E-state index in [-0.39, 0.29) is 15.5 Å². The van der Waals surface area contributed by atoms with Crippen molar-refractivity contribution in [2.24, 2.45) is 35.5 Å². The fraction of sp³-hybridized carbons (Fsp3) is 0.488. The second-order valence-corrected chi connectivity index (χ2v) is 18.5. The quantitative estimate of drug-likeness (QED) is 0.192. The summed E-state index contributed by atoms with van der Waals surface area (Å²) in [7, 11) is 3.50. The van der Waals surface area contributed by atoms with Gasteiger partial charge in [-0.3, -0.25) is 0 Å². The number of halogens is 4. The summed E-state index contributed by atoms with van der Waals surface area (Å²) < 4.78 is 17.8. The maximum Gasteiger partial charge on any atom is 0.139 e. The highest BCUT2D eigenvalue weighted by Crippen LogP contribution is 2.63. The van der Waals surface area contributed by atoms with E-state index < -0.39 is 0 Å². The van der Waals surface area contributed by atoms with E-state index in [1.54, 1.807) is 26.4 Å². The molecule has 4 nitrogen and oxygen atoms in total. The lowest BCUT2D eigenvalue weighted by Crippen LogP contribution is -2.48. The molecule has 3 aromatic carbocycles. The Morgan fingerprint density at radius 1 is 0.647 bits per heavy atom. The van der Waals surface area contributed by atoms with Crippen LogP contribution in [0.25, 0.3) is 11.5 Å². The van der Waals surface area contributed by atoms with Crippen LogP contribution in [0.5, 0.6) is 11.5 Å². The van der Waals surface area contributed by atoms with Gasteiger partial charge in [0.1, 0.15) is 29.6 Å². The minimum Gasteiger partial charge on any atom is -0.506 e. The molecule has 8 heteroatoms. The third-order valence-corrected chi connectivity index (χ3v) is 14.1. The van der Waals surface area contributed by atoms with Gasteiger partial charge in [-0.1, -0.05) is 53.5 Å². The van der Waals surface area contributed by atoms with E-state index in [1.165, 1.54) is 49.7 Å². The molecule has 4 atom stereocenters. The Kier molecular flexibility index (Phi) is 9.79. The molecule has 0 saturated heterocycles. The molecule has 8 bridgehead atoms. The zero-order valence-electron chi connectivity index (χ0n) is 29.3. The van der Waals surface area contributed by atoms with Crippen LogP contribution in [0.15, 0.2) is 77.9 Å². The van der Waals surface area contributed by atoms with E-state index in [0.29, 0.717) is 46.1 Å². The molecule has 8 fully saturated rings. The maximum atomic E-state index is 9.90. The predicted octanol–water partition coefficient (Wildman–Crippen LogP) is 12.3. The molecule has 8 aliphatic rings. The van der Waals surface area contributed by atoms with Crippen LogP contribution in [0.3, 0.4) is 0 Å². The van der Waals surface area contributed by atoms with Gasteiger partial charge in [0, 0.05) is 20.9 Å². The fourth-order valence-corrected chi connectivity index (χ4v) is 12.5. The van der Waals surface area contributed by atoms with Crippen LogP contribution in [0.1, 0.15) is 80.9 Å². The first-order chi connectivity index (χ1) is 24.5. The smallest absolute Gasteiger partial charge is 0.139 e. The molecule has 8 saturated carbocycles. The summed E-state index contributed by atoms with van der Waals surface area (Å²) in [5.74, 6) is 6.40. The van der Waals surface area contributed by atoms with E-state index in [9.17, 15) is 5.11 Å². The molecule has 0 aromatic heterocycles. The van der Waals surface area contributed by atoms with E-state index in [2.05, 4.69) is 12.1 Å². The van der Waals surface area contributed by atoms with Crippen LogP contribution < -0.4 is 4.74 Å². The minimum absolute atomic E-state index is 0.0149. The molecule has 0 aliphatic heterocycles. The van der Waals surface area contributed by atoms with Crippen molar-refractivity contribution in [2.75, 3.05) is 14.2 Å². The first-order valence-electron chi connectivity index (χ1n) is 18.4. The molecule has 51 heavy (non-hydrogen) atoms. The second kappa shape index (κ2) is 14.0. The molecule has 1 N–H and O–H groups in total. The Morgan fingerprint density at radius 2 is 1.12 bits per heavy atom. The number of allylic oxidation sites excluding steroid dienone is 2. The van der Waals surface area contributed by atoms with Gasteiger partial charge >= 0.3 is 0 Å². The zero-order chi connectivity index (χ0) is 35.5. The van der Waals surface area contributed by atoms with Gasteiger partial charge in [0.05, 0.1) is 24.3 Å². The Morgan fingerprint density at radius 3 is 1.57 bits per heavy atom. The molecule has 8 aliphatic carbocycles. The summed E-state index contributed by atoms with van der Waals surface area (Å²) in [6.07, 6.45) is 11.6. The molecule has 3 aromatic rings. The fourth-order valence-electron chi connectivity index (χ4n) is 11.1. The van der Waals surface area contributed by atoms with Gasteiger partial charge in [-0.2, -0.15) is 0 Å². The van der Waals surface area contributed by atoms with Crippen molar-refractivity contribution >= 4 is 57.9 Å². The van der Waals surface area contributed by atoms with Gasteiger partial charge < -0.3 is 19.3 Å². The maximum absolute atomic E-state index is 9.90. The highest BCUT2D eigenvalue weighted by molar-refractivity contribution is 6.32. The third-order valence-electron chi connectivity index (χ3n) is 12.6. The third kappa shape index (κ3) is 7.00. The summed E-state index contributed by atoms with van der Waals surface area (Å²) >= 11 is 26.1. The number of hydrogen-bond donors (Lipinski definition) is 1. The average Bonchev–Trinajstić information content (AvgIpc) is 3.08. The predicted molar refractivity (Wildman–Crippen MR) is 207 cm³/mol. The minimum atomic E-state index is 0.0149. The second-order valence-electron chi connectivity index (χ2n) is 16.1. The van der Waals surface area contributed by atoms with Crippen molar-refractivity contribution in [3.63, 3.8) is 0 Å². The lowest BCUT2D eigenvalue weighted by atomic mass is 9.53. The van der Waals surface area contributed by atoms with Crippen LogP contribution in [-0.4, -0.2) is 29.1 Å². The first-order valence-corrected chi connectivity index (χ1v) is 19.9. The van der Waals surface area contributed by atoms with Crippen molar-refractivity contribution in [3.8, 4) is 11.5 Å². The van der Waals surface area contributed by atoms with Crippen molar-refractivity contribution in [1.29, 1.82) is 0 Å². The number of ether oxygens (including phenoxy) is 3. The molecule has 11 rings (SSSR count). The molecule has 0 spiro atoms. The van der Waals surface area contributed by atoms with Crippen molar-refractivity contribution in [1.82, 2.24) is 0 Å². The van der Waals surface area contributed by atoms with Gasteiger partial charge in [0.2, 0.25) is 0 Å². The summed E-state index contributed by atoms with van der Waals surface area (Å²) in [6, 6.07) is 21.5. The number of methoxy groups -OCH3 is 2. The van der Waals surface area contributed by atoms with E-state index in [4.69, 9.17) is 60.6 Å². The molecule has 0 heterocycles. The van der Waals surface area contributed by atoms with Gasteiger partial charge in [0.15, 0.2) is 0 Å². The van der Waals surface area contributed by atoms with Crippen molar-refractivity contribution < 1.29 is 19.3 Å². The van der Waals surface area contributed by atoms with Gasteiger partial charge in [0.25, 0.3) is 0 Å². The van der Waals surface area contributed by atoms with Crippen LogP contribution in [0.2, 0.25) is 10.0 Å². The summed E-state index contributed by atoms with van der Waals surface area (Å²) in [5.41, 5.74) is 5.96. The Labute approximate surface area is 322 Å². The van der Waals surface area contributed by atoms with Gasteiger partial charge in [-0.15, -0.1) is 23.2 Å². The summed E-state index contributed by atoms with van der Waals surface area (Å²) in [5, 5.41) is 10.9. The normalized spacial score (nSPS) is 32.4. The SMILES string of the molecule is COC(=C1C2CC3CC1CC(Cl)(C3)C2)c1ccc(Cl)c(O)c1.COC(=C1C2CC3CC1CC(Cl)(C3)C2)c1ccc(Cl)c(OCc2ccccc2)c1. The van der Waals surface area contributed by atoms with Crippen LogP contribution in [-0.2, 0) is 16.1 Å². The Bertz CT molecular complexity index is 1820. The topological polar surface area (TPSA) is 47.9 Å². The highest BCUT2D eigenvalue weighted by atomic mass is 35.5. The monoisotopic (exact) mass is 766 g/mol. The van der Waals surface area contributed by atoms with Crippen LogP contribution >= 0.6 is 46.4 Å². The number of hydrogen-bond acceptors (Lipinski definition) is 4. The number of alkyl halides is 2. The van der Waals surface area contributed by atoms with Crippen molar-refractivity contribution in [2.45, 2.75) is 80.6 Å². The zero-order valence-corrected chi connectivity index (χ0v) is 32.3. The number of phenolic OH excluding ortho intramolecular Hbond substituents is 1. The van der Waals surface area contributed by atoms with Crippen LogP contribution in [0.4, 0.5) is 0 Å². The largest absolute Gasteiger partial charge is 0.506 e. The van der Waals surface area contributed by atoms with Crippen molar-refractivity contribution in [3.05, 3.63) is 105 Å². The van der Waals surface area contributed by atoms with Gasteiger partial charge in [-0.05, 0) is 153 Å². The molecule has 270 valence electrons. The molecular weight excluding hydrogens is 722 g/mol.